The van der Waals surface area contributed by atoms with Gasteiger partial charge in [-0.3, -0.25) is 0 Å². The number of hydrogen-bond acceptors (Lipinski definition) is 2. The van der Waals surface area contributed by atoms with Crippen molar-refractivity contribution in [3.63, 3.8) is 0 Å². The van der Waals surface area contributed by atoms with E-state index in [0.29, 0.717) is 6.61 Å². The minimum absolute atomic E-state index is 0.220. The highest BCUT2D eigenvalue weighted by molar-refractivity contribution is 5.63. The summed E-state index contributed by atoms with van der Waals surface area (Å²) in [5, 5.41) is 3.39. The van der Waals surface area contributed by atoms with Crippen LogP contribution in [0.15, 0.2) is 36.4 Å². The predicted molar refractivity (Wildman–Crippen MR) is 78.7 cm³/mol. The monoisotopic (exact) mass is 271 g/mol. The minimum Gasteiger partial charge on any atom is -0.487 e. The highest BCUT2D eigenvalue weighted by atomic mass is 19.1. The van der Waals surface area contributed by atoms with Crippen molar-refractivity contribution in [1.29, 1.82) is 0 Å². The minimum atomic E-state index is -0.220. The summed E-state index contributed by atoms with van der Waals surface area (Å²) < 4.78 is 19.2. The molecule has 2 nitrogen and oxygen atoms in total. The van der Waals surface area contributed by atoms with Gasteiger partial charge in [0.05, 0.1) is 5.69 Å². The third kappa shape index (κ3) is 2.62. The van der Waals surface area contributed by atoms with Gasteiger partial charge in [0.1, 0.15) is 18.2 Å². The molecule has 0 bridgehead atoms. The Kier molecular flexibility index (Phi) is 3.59. The average Bonchev–Trinajstić information content (AvgIpc) is 2.48. The van der Waals surface area contributed by atoms with Crippen molar-refractivity contribution in [2.45, 2.75) is 26.4 Å². The van der Waals surface area contributed by atoms with Gasteiger partial charge in [-0.25, -0.2) is 4.39 Å². The van der Waals surface area contributed by atoms with Gasteiger partial charge in [0.15, 0.2) is 0 Å². The van der Waals surface area contributed by atoms with Crippen LogP contribution in [0.1, 0.15) is 23.1 Å². The first-order valence-electron chi connectivity index (χ1n) is 6.97. The molecule has 3 rings (SSSR count). The number of rotatable bonds is 3. The largest absolute Gasteiger partial charge is 0.487 e. The molecule has 0 unspecified atom stereocenters. The smallest absolute Gasteiger partial charge is 0.143 e. The van der Waals surface area contributed by atoms with Crippen LogP contribution in [-0.4, -0.2) is 6.54 Å². The second kappa shape index (κ2) is 5.53. The Labute approximate surface area is 118 Å². The van der Waals surface area contributed by atoms with E-state index in [2.05, 4.69) is 11.4 Å². The van der Waals surface area contributed by atoms with Crippen LogP contribution >= 0.6 is 0 Å². The van der Waals surface area contributed by atoms with Crippen LogP contribution in [0.25, 0.3) is 0 Å². The summed E-state index contributed by atoms with van der Waals surface area (Å²) in [6, 6.07) is 10.9. The first-order valence-corrected chi connectivity index (χ1v) is 6.97. The van der Waals surface area contributed by atoms with Crippen molar-refractivity contribution >= 4 is 5.69 Å². The molecular weight excluding hydrogens is 253 g/mol. The predicted octanol–water partition coefficient (Wildman–Crippen LogP) is 4.07. The van der Waals surface area contributed by atoms with Crippen molar-refractivity contribution < 1.29 is 9.13 Å². The number of halogens is 1. The molecule has 20 heavy (non-hydrogen) atoms. The van der Waals surface area contributed by atoms with Crippen molar-refractivity contribution in [3.05, 3.63) is 58.9 Å². The van der Waals surface area contributed by atoms with Gasteiger partial charge in [0.25, 0.3) is 0 Å². The number of hydrogen-bond donors (Lipinski definition) is 1. The van der Waals surface area contributed by atoms with E-state index < -0.39 is 0 Å². The van der Waals surface area contributed by atoms with Gasteiger partial charge in [-0.15, -0.1) is 0 Å². The molecule has 0 fully saturated rings. The lowest BCUT2D eigenvalue weighted by Crippen LogP contribution is -2.13. The maximum Gasteiger partial charge on any atom is 0.143 e. The van der Waals surface area contributed by atoms with E-state index in [-0.39, 0.29) is 5.82 Å². The molecule has 1 aliphatic heterocycles. The van der Waals surface area contributed by atoms with Gasteiger partial charge in [-0.05, 0) is 54.7 Å². The number of aryl methyl sites for hydroxylation is 2. The molecule has 0 spiro atoms. The third-order valence-electron chi connectivity index (χ3n) is 3.73. The molecule has 0 atom stereocenters. The zero-order valence-corrected chi connectivity index (χ0v) is 11.6. The van der Waals surface area contributed by atoms with Gasteiger partial charge in [0, 0.05) is 6.54 Å². The standard InChI is InChI=1S/C17H18FNO/c1-12-7-8-15(18)10-14(12)11-20-16-6-2-4-13-5-3-9-19-17(13)16/h2,4,6-8,10,19H,3,5,9,11H2,1H3. The lowest BCUT2D eigenvalue weighted by Gasteiger charge is -2.21. The summed E-state index contributed by atoms with van der Waals surface area (Å²) in [6.07, 6.45) is 2.23. The number of ether oxygens (including phenoxy) is 1. The van der Waals surface area contributed by atoms with E-state index in [0.717, 1.165) is 42.0 Å². The maximum atomic E-state index is 13.3. The van der Waals surface area contributed by atoms with Gasteiger partial charge in [-0.2, -0.15) is 0 Å². The molecule has 1 N–H and O–H groups in total. The summed E-state index contributed by atoms with van der Waals surface area (Å²) in [5.41, 5.74) is 4.32. The molecule has 0 saturated heterocycles. The van der Waals surface area contributed by atoms with E-state index in [9.17, 15) is 4.39 Å². The number of fused-ring (bicyclic) bond motifs is 1. The molecule has 104 valence electrons. The van der Waals surface area contributed by atoms with Crippen LogP contribution in [0.5, 0.6) is 5.75 Å². The van der Waals surface area contributed by atoms with Crippen molar-refractivity contribution in [1.82, 2.24) is 0 Å². The maximum absolute atomic E-state index is 13.3. The van der Waals surface area contributed by atoms with Crippen molar-refractivity contribution in [2.24, 2.45) is 0 Å². The highest BCUT2D eigenvalue weighted by Crippen LogP contribution is 2.32. The molecule has 0 saturated carbocycles. The number of para-hydroxylation sites is 1. The van der Waals surface area contributed by atoms with Crippen LogP contribution < -0.4 is 10.1 Å². The Hall–Kier alpha value is -2.03. The Morgan fingerprint density at radius 2 is 2.15 bits per heavy atom. The summed E-state index contributed by atoms with van der Waals surface area (Å²) >= 11 is 0. The van der Waals surface area contributed by atoms with Crippen LogP contribution in [0, 0.1) is 12.7 Å². The van der Waals surface area contributed by atoms with Gasteiger partial charge >= 0.3 is 0 Å². The second-order valence-corrected chi connectivity index (χ2v) is 5.18. The van der Waals surface area contributed by atoms with E-state index in [1.54, 1.807) is 6.07 Å². The molecule has 1 aliphatic rings. The van der Waals surface area contributed by atoms with E-state index >= 15 is 0 Å². The Bertz CT molecular complexity index is 624. The molecule has 0 aromatic heterocycles. The SMILES string of the molecule is Cc1ccc(F)cc1COc1cccc2c1NCCC2. The molecule has 3 heteroatoms. The number of nitrogens with one attached hydrogen (secondary N) is 1. The lowest BCUT2D eigenvalue weighted by atomic mass is 10.0. The molecule has 1 heterocycles. The second-order valence-electron chi connectivity index (χ2n) is 5.18. The van der Waals surface area contributed by atoms with Crippen LogP contribution in [-0.2, 0) is 13.0 Å². The summed E-state index contributed by atoms with van der Waals surface area (Å²) in [5.74, 6) is 0.633. The number of anilines is 1. The fraction of sp³-hybridized carbons (Fsp3) is 0.294. The average molecular weight is 271 g/mol. The fourth-order valence-corrected chi connectivity index (χ4v) is 2.55. The van der Waals surface area contributed by atoms with Crippen LogP contribution in [0.3, 0.4) is 0 Å². The molecule has 0 radical (unpaired) electrons. The van der Waals surface area contributed by atoms with Gasteiger partial charge in [0.2, 0.25) is 0 Å². The Morgan fingerprint density at radius 3 is 3.05 bits per heavy atom. The fourth-order valence-electron chi connectivity index (χ4n) is 2.55. The normalized spacial score (nSPS) is 13.5. The zero-order valence-electron chi connectivity index (χ0n) is 11.6. The zero-order chi connectivity index (χ0) is 13.9. The Balaban J connectivity index is 1.80. The molecule has 2 aromatic carbocycles. The van der Waals surface area contributed by atoms with Gasteiger partial charge in [-0.1, -0.05) is 18.2 Å². The molecule has 0 aliphatic carbocycles. The quantitative estimate of drug-likeness (QED) is 0.908. The van der Waals surface area contributed by atoms with Crippen molar-refractivity contribution in [3.8, 4) is 5.75 Å². The van der Waals surface area contributed by atoms with Gasteiger partial charge < -0.3 is 10.1 Å². The first kappa shape index (κ1) is 13.0. The first-order chi connectivity index (χ1) is 9.74. The topological polar surface area (TPSA) is 21.3 Å². The van der Waals surface area contributed by atoms with E-state index in [1.807, 2.05) is 19.1 Å². The molecular formula is C17H18FNO. The molecule has 2 aromatic rings. The van der Waals surface area contributed by atoms with E-state index in [1.165, 1.54) is 17.7 Å². The summed E-state index contributed by atoms with van der Waals surface area (Å²) in [7, 11) is 0. The van der Waals surface area contributed by atoms with Crippen LogP contribution in [0.2, 0.25) is 0 Å². The summed E-state index contributed by atoms with van der Waals surface area (Å²) in [4.78, 5) is 0. The van der Waals surface area contributed by atoms with Crippen LogP contribution in [0.4, 0.5) is 10.1 Å². The Morgan fingerprint density at radius 1 is 1.25 bits per heavy atom. The van der Waals surface area contributed by atoms with Crippen molar-refractivity contribution in [2.75, 3.05) is 11.9 Å². The lowest BCUT2D eigenvalue weighted by molar-refractivity contribution is 0.305. The van der Waals surface area contributed by atoms with E-state index in [4.69, 9.17) is 4.74 Å². The number of benzene rings is 2. The molecule has 0 amide bonds. The summed E-state index contributed by atoms with van der Waals surface area (Å²) in [6.45, 7) is 3.34. The third-order valence-corrected chi connectivity index (χ3v) is 3.73. The highest BCUT2D eigenvalue weighted by Gasteiger charge is 2.13.